The molecule has 0 aliphatic carbocycles. The van der Waals surface area contributed by atoms with Crippen molar-refractivity contribution in [1.82, 2.24) is 5.32 Å². The van der Waals surface area contributed by atoms with Gasteiger partial charge < -0.3 is 15.8 Å². The predicted octanol–water partition coefficient (Wildman–Crippen LogP) is 2.53. The zero-order valence-corrected chi connectivity index (χ0v) is 12.6. The third-order valence-electron chi connectivity index (χ3n) is 3.32. The van der Waals surface area contributed by atoms with Crippen LogP contribution in [0.4, 0.5) is 0 Å². The molecule has 0 bridgehead atoms. The van der Waals surface area contributed by atoms with Crippen molar-refractivity contribution < 1.29 is 9.53 Å². The van der Waals surface area contributed by atoms with Crippen LogP contribution in [-0.4, -0.2) is 19.6 Å². The van der Waals surface area contributed by atoms with E-state index in [0.717, 1.165) is 49.1 Å². The fourth-order valence-corrected chi connectivity index (χ4v) is 2.05. The Balaban J connectivity index is 2.27. The second-order valence-electron chi connectivity index (χ2n) is 5.03. The third kappa shape index (κ3) is 6.06. The first-order valence-corrected chi connectivity index (χ1v) is 7.27. The molecule has 1 rings (SSSR count). The van der Waals surface area contributed by atoms with Gasteiger partial charge in [0, 0.05) is 13.0 Å². The van der Waals surface area contributed by atoms with E-state index in [1.54, 1.807) is 7.11 Å². The Hall–Kier alpha value is -1.55. The summed E-state index contributed by atoms with van der Waals surface area (Å²) in [5, 5.41) is 2.94. The van der Waals surface area contributed by atoms with Crippen LogP contribution in [0.25, 0.3) is 0 Å². The second-order valence-corrected chi connectivity index (χ2v) is 5.03. The Morgan fingerprint density at radius 1 is 1.25 bits per heavy atom. The Morgan fingerprint density at radius 2 is 2.00 bits per heavy atom. The van der Waals surface area contributed by atoms with Crippen molar-refractivity contribution in [2.75, 3.05) is 13.7 Å². The summed E-state index contributed by atoms with van der Waals surface area (Å²) in [6.45, 7) is 3.29. The number of methoxy groups -OCH3 is 1. The third-order valence-corrected chi connectivity index (χ3v) is 3.32. The maximum absolute atomic E-state index is 11.7. The highest BCUT2D eigenvalue weighted by Crippen LogP contribution is 2.18. The van der Waals surface area contributed by atoms with Crippen LogP contribution in [0.5, 0.6) is 5.75 Å². The molecule has 0 aliphatic rings. The Kier molecular flexibility index (Phi) is 7.73. The Morgan fingerprint density at radius 3 is 2.70 bits per heavy atom. The number of hydrogen-bond acceptors (Lipinski definition) is 3. The molecule has 0 aromatic heterocycles. The molecule has 4 nitrogen and oxygen atoms in total. The van der Waals surface area contributed by atoms with Gasteiger partial charge in [0.15, 0.2) is 0 Å². The minimum Gasteiger partial charge on any atom is -0.496 e. The highest BCUT2D eigenvalue weighted by Gasteiger charge is 2.03. The van der Waals surface area contributed by atoms with E-state index in [2.05, 4.69) is 5.32 Å². The monoisotopic (exact) mass is 278 g/mol. The molecule has 0 atom stereocenters. The van der Waals surface area contributed by atoms with Gasteiger partial charge in [-0.1, -0.05) is 25.0 Å². The molecule has 0 saturated carbocycles. The van der Waals surface area contributed by atoms with Crippen LogP contribution in [0, 0.1) is 6.92 Å². The number of carbonyl (C=O) groups is 1. The average Bonchev–Trinajstić information content (AvgIpc) is 2.46. The Labute approximate surface area is 121 Å². The van der Waals surface area contributed by atoms with E-state index in [-0.39, 0.29) is 5.91 Å². The molecule has 0 heterocycles. The van der Waals surface area contributed by atoms with Gasteiger partial charge in [0.05, 0.1) is 7.11 Å². The molecular weight excluding hydrogens is 252 g/mol. The summed E-state index contributed by atoms with van der Waals surface area (Å²) < 4.78 is 5.27. The lowest BCUT2D eigenvalue weighted by Gasteiger charge is -2.09. The molecule has 1 aromatic carbocycles. The number of aryl methyl sites for hydroxylation is 1. The number of hydrogen-bond donors (Lipinski definition) is 2. The van der Waals surface area contributed by atoms with Crippen molar-refractivity contribution in [3.8, 4) is 5.75 Å². The zero-order valence-electron chi connectivity index (χ0n) is 12.6. The van der Waals surface area contributed by atoms with Gasteiger partial charge in [0.1, 0.15) is 5.75 Å². The summed E-state index contributed by atoms with van der Waals surface area (Å²) in [6.07, 6.45) is 4.75. The van der Waals surface area contributed by atoms with Gasteiger partial charge in [-0.05, 0) is 43.5 Å². The van der Waals surface area contributed by atoms with Crippen molar-refractivity contribution in [1.29, 1.82) is 0 Å². The fraction of sp³-hybridized carbons (Fsp3) is 0.562. The first-order valence-electron chi connectivity index (χ1n) is 7.27. The van der Waals surface area contributed by atoms with Crippen molar-refractivity contribution in [2.45, 2.75) is 45.6 Å². The quantitative estimate of drug-likeness (QED) is 0.682. The van der Waals surface area contributed by atoms with Crippen LogP contribution in [0.1, 0.15) is 43.2 Å². The summed E-state index contributed by atoms with van der Waals surface area (Å²) in [4.78, 5) is 11.7. The van der Waals surface area contributed by atoms with E-state index in [4.69, 9.17) is 10.5 Å². The molecule has 4 heteroatoms. The number of rotatable bonds is 9. The average molecular weight is 278 g/mol. The van der Waals surface area contributed by atoms with Gasteiger partial charge >= 0.3 is 0 Å². The maximum atomic E-state index is 11.7. The molecule has 0 saturated heterocycles. The van der Waals surface area contributed by atoms with Crippen LogP contribution < -0.4 is 15.8 Å². The minimum absolute atomic E-state index is 0.109. The van der Waals surface area contributed by atoms with Gasteiger partial charge in [-0.3, -0.25) is 4.79 Å². The molecule has 20 heavy (non-hydrogen) atoms. The first-order chi connectivity index (χ1) is 9.67. The van der Waals surface area contributed by atoms with E-state index < -0.39 is 0 Å². The normalized spacial score (nSPS) is 10.3. The van der Waals surface area contributed by atoms with Gasteiger partial charge in [-0.25, -0.2) is 0 Å². The first kappa shape index (κ1) is 16.5. The van der Waals surface area contributed by atoms with E-state index in [1.807, 2.05) is 25.1 Å². The number of benzene rings is 1. The fourth-order valence-electron chi connectivity index (χ4n) is 2.05. The van der Waals surface area contributed by atoms with Crippen molar-refractivity contribution in [3.63, 3.8) is 0 Å². The minimum atomic E-state index is 0.109. The number of amides is 1. The number of nitrogens with one attached hydrogen (secondary N) is 1. The second kappa shape index (κ2) is 9.37. The largest absolute Gasteiger partial charge is 0.496 e. The van der Waals surface area contributed by atoms with E-state index in [1.165, 1.54) is 0 Å². The summed E-state index contributed by atoms with van der Waals surface area (Å²) in [5.74, 6) is 0.968. The molecule has 0 unspecified atom stereocenters. The summed E-state index contributed by atoms with van der Waals surface area (Å²) in [7, 11) is 1.66. The summed E-state index contributed by atoms with van der Waals surface area (Å²) >= 11 is 0. The molecule has 3 N–H and O–H groups in total. The molecule has 112 valence electrons. The van der Waals surface area contributed by atoms with E-state index in [9.17, 15) is 4.79 Å². The van der Waals surface area contributed by atoms with Crippen LogP contribution in [-0.2, 0) is 11.3 Å². The van der Waals surface area contributed by atoms with Crippen molar-refractivity contribution >= 4 is 5.91 Å². The van der Waals surface area contributed by atoms with Crippen molar-refractivity contribution in [2.24, 2.45) is 5.73 Å². The number of unbranched alkanes of at least 4 members (excludes halogenated alkanes) is 3. The highest BCUT2D eigenvalue weighted by atomic mass is 16.5. The molecule has 0 fully saturated rings. The summed E-state index contributed by atoms with van der Waals surface area (Å²) in [5.41, 5.74) is 7.59. The van der Waals surface area contributed by atoms with Crippen LogP contribution in [0.2, 0.25) is 0 Å². The standard InChI is InChI=1S/C16H26N2O2/c1-13-8-9-14(11-15(13)20-2)12-18-16(19)7-5-3-4-6-10-17/h8-9,11H,3-7,10,12,17H2,1-2H3,(H,18,19). The van der Waals surface area contributed by atoms with E-state index >= 15 is 0 Å². The van der Waals surface area contributed by atoms with Gasteiger partial charge in [-0.2, -0.15) is 0 Å². The van der Waals surface area contributed by atoms with Crippen LogP contribution in [0.3, 0.4) is 0 Å². The molecule has 0 radical (unpaired) electrons. The number of ether oxygens (including phenoxy) is 1. The molecule has 1 aromatic rings. The molecular formula is C16H26N2O2. The summed E-state index contributed by atoms with van der Waals surface area (Å²) in [6, 6.07) is 5.99. The predicted molar refractivity (Wildman–Crippen MR) is 81.7 cm³/mol. The lowest BCUT2D eigenvalue weighted by Crippen LogP contribution is -2.22. The van der Waals surface area contributed by atoms with Crippen LogP contribution >= 0.6 is 0 Å². The van der Waals surface area contributed by atoms with Crippen LogP contribution in [0.15, 0.2) is 18.2 Å². The zero-order chi connectivity index (χ0) is 14.8. The highest BCUT2D eigenvalue weighted by molar-refractivity contribution is 5.75. The lowest BCUT2D eigenvalue weighted by molar-refractivity contribution is -0.121. The SMILES string of the molecule is COc1cc(CNC(=O)CCCCCCN)ccc1C. The number of nitrogens with two attached hydrogens (primary N) is 1. The molecule has 1 amide bonds. The van der Waals surface area contributed by atoms with E-state index in [0.29, 0.717) is 13.0 Å². The Bertz CT molecular complexity index is 419. The maximum Gasteiger partial charge on any atom is 0.220 e. The molecule has 0 aliphatic heterocycles. The van der Waals surface area contributed by atoms with Gasteiger partial charge in [-0.15, -0.1) is 0 Å². The van der Waals surface area contributed by atoms with Gasteiger partial charge in [0.2, 0.25) is 5.91 Å². The smallest absolute Gasteiger partial charge is 0.220 e. The van der Waals surface area contributed by atoms with Gasteiger partial charge in [0.25, 0.3) is 0 Å². The number of carbonyl (C=O) groups excluding carboxylic acids is 1. The topological polar surface area (TPSA) is 64.3 Å². The lowest BCUT2D eigenvalue weighted by atomic mass is 10.1. The molecule has 0 spiro atoms. The van der Waals surface area contributed by atoms with Crippen molar-refractivity contribution in [3.05, 3.63) is 29.3 Å².